The first-order valence-corrected chi connectivity index (χ1v) is 23.3. The van der Waals surface area contributed by atoms with Crippen molar-refractivity contribution in [1.29, 1.82) is 0 Å². The van der Waals surface area contributed by atoms with Crippen molar-refractivity contribution in [3.05, 3.63) is 271 Å². The minimum absolute atomic E-state index is 0.276. The van der Waals surface area contributed by atoms with Crippen molar-refractivity contribution >= 4 is 60.2 Å². The van der Waals surface area contributed by atoms with E-state index in [1.165, 1.54) is 104 Å². The minimum Gasteiger partial charge on any atom is -0.310 e. The molecule has 0 saturated heterocycles. The minimum atomic E-state index is -0.276. The van der Waals surface area contributed by atoms with Gasteiger partial charge >= 0.3 is 0 Å². The zero-order chi connectivity index (χ0) is 44.5. The predicted molar refractivity (Wildman–Crippen MR) is 285 cm³/mol. The van der Waals surface area contributed by atoms with Crippen LogP contribution in [0, 0.1) is 0 Å². The number of hydrogen-bond donors (Lipinski definition) is 0. The summed E-state index contributed by atoms with van der Waals surface area (Å²) >= 11 is 0. The highest BCUT2D eigenvalue weighted by atomic mass is 15.1. The molecule has 0 aliphatic heterocycles. The van der Waals surface area contributed by atoms with Crippen LogP contribution in [0.5, 0.6) is 0 Å². The normalized spacial score (nSPS) is 14.1. The predicted octanol–water partition coefficient (Wildman–Crippen LogP) is 18.1. The van der Waals surface area contributed by atoms with Gasteiger partial charge in [0.15, 0.2) is 0 Å². The molecule has 0 aromatic heterocycles. The van der Waals surface area contributed by atoms with Crippen LogP contribution in [-0.4, -0.2) is 0 Å². The number of anilines is 3. The van der Waals surface area contributed by atoms with Crippen LogP contribution in [0.3, 0.4) is 0 Å². The Morgan fingerprint density at radius 2 is 0.806 bits per heavy atom. The monoisotopic (exact) mass is 851 g/mol. The molecule has 0 amide bonds. The number of rotatable bonds is 7. The topological polar surface area (TPSA) is 3.24 Å². The summed E-state index contributed by atoms with van der Waals surface area (Å²) in [5, 5.41) is 9.95. The van der Waals surface area contributed by atoms with Gasteiger partial charge < -0.3 is 4.90 Å². The maximum atomic E-state index is 2.48. The summed E-state index contributed by atoms with van der Waals surface area (Å²) in [5.41, 5.74) is 16.9. The van der Waals surface area contributed by atoms with Crippen LogP contribution in [0.25, 0.3) is 87.6 Å². The van der Waals surface area contributed by atoms with Crippen molar-refractivity contribution < 1.29 is 0 Å². The van der Waals surface area contributed by atoms with E-state index in [0.29, 0.717) is 0 Å². The Morgan fingerprint density at radius 3 is 1.52 bits per heavy atom. The number of hydrogen-bond acceptors (Lipinski definition) is 1. The molecule has 1 aliphatic carbocycles. The molecule has 0 bridgehead atoms. The summed E-state index contributed by atoms with van der Waals surface area (Å²) in [7, 11) is 0. The van der Waals surface area contributed by atoms with E-state index in [0.717, 1.165) is 17.1 Å². The Labute approximate surface area is 391 Å². The lowest BCUT2D eigenvalue weighted by Crippen LogP contribution is -2.22. The first kappa shape index (κ1) is 38.9. The number of fused-ring (bicyclic) bond motifs is 9. The lowest BCUT2D eigenvalue weighted by molar-refractivity contribution is 0.714. The van der Waals surface area contributed by atoms with E-state index in [4.69, 9.17) is 0 Å². The summed E-state index contributed by atoms with van der Waals surface area (Å²) in [6.45, 7) is 2.39. The van der Waals surface area contributed by atoms with E-state index < -0.39 is 0 Å². The van der Waals surface area contributed by atoms with Crippen molar-refractivity contribution in [3.8, 4) is 44.5 Å². The van der Waals surface area contributed by atoms with E-state index in [1.807, 2.05) is 0 Å². The van der Waals surface area contributed by atoms with E-state index in [9.17, 15) is 0 Å². The SMILES string of the molecule is CC1(c2ccccc2)c2ccccc2-c2cc(N(c3ccc(-c4ccc5c(c4)c(-c4ccccc4)c(-c4ccccc4)c4ccccc45)cc3)c3cc4ccccc4c4ccccc34)ccc21. The molecule has 1 atom stereocenters. The third-order valence-electron chi connectivity index (χ3n) is 14.5. The van der Waals surface area contributed by atoms with Crippen LogP contribution < -0.4 is 4.90 Å². The number of benzene rings is 12. The van der Waals surface area contributed by atoms with Gasteiger partial charge in [0.25, 0.3) is 0 Å². The lowest BCUT2D eigenvalue weighted by atomic mass is 9.74. The third kappa shape index (κ3) is 6.16. The molecule has 13 rings (SSSR count). The highest BCUT2D eigenvalue weighted by Crippen LogP contribution is 2.54. The van der Waals surface area contributed by atoms with Crippen molar-refractivity contribution in [2.45, 2.75) is 12.3 Å². The molecule has 12 aromatic rings. The molecule has 1 aliphatic rings. The molecule has 67 heavy (non-hydrogen) atoms. The quantitative estimate of drug-likeness (QED) is 0.144. The first-order valence-electron chi connectivity index (χ1n) is 23.3. The molecule has 0 radical (unpaired) electrons. The summed E-state index contributed by atoms with van der Waals surface area (Å²) in [4.78, 5) is 2.48. The molecule has 0 saturated carbocycles. The lowest BCUT2D eigenvalue weighted by Gasteiger charge is -2.30. The van der Waals surface area contributed by atoms with Crippen LogP contribution in [0.1, 0.15) is 23.6 Å². The summed E-state index contributed by atoms with van der Waals surface area (Å²) in [5.74, 6) is 0. The molecule has 0 heterocycles. The van der Waals surface area contributed by atoms with Gasteiger partial charge in [-0.1, -0.05) is 218 Å². The Morgan fingerprint density at radius 1 is 0.299 bits per heavy atom. The summed E-state index contributed by atoms with van der Waals surface area (Å²) in [6.07, 6.45) is 0. The van der Waals surface area contributed by atoms with Gasteiger partial charge in [-0.15, -0.1) is 0 Å². The Balaban J connectivity index is 1.01. The maximum Gasteiger partial charge on any atom is 0.0546 e. The Bertz CT molecular complexity index is 3850. The van der Waals surface area contributed by atoms with E-state index >= 15 is 0 Å². The molecule has 0 N–H and O–H groups in total. The van der Waals surface area contributed by atoms with Crippen molar-refractivity contribution in [3.63, 3.8) is 0 Å². The van der Waals surface area contributed by atoms with Crippen molar-refractivity contribution in [2.75, 3.05) is 4.90 Å². The second-order valence-corrected chi connectivity index (χ2v) is 18.1. The maximum absolute atomic E-state index is 2.48. The van der Waals surface area contributed by atoms with E-state index in [2.05, 4.69) is 267 Å². The standard InChI is InChI=1S/C66H45N/c1-66(49-24-9-4-10-25-49)61-32-18-17-29-56(61)59-43-51(38-40-62(59)66)67(63-42-48-23-11-12-26-52(48)53-27-13-15-30-57(53)63)50-36-33-44(34-37-50)47-35-39-55-54-28-14-16-31-58(54)64(45-19-5-2-6-20-45)65(60(55)41-47)46-21-7-3-8-22-46/h2-43H,1H3. The van der Waals surface area contributed by atoms with Gasteiger partial charge in [0.1, 0.15) is 0 Å². The average Bonchev–Trinajstić information content (AvgIpc) is 3.66. The van der Waals surface area contributed by atoms with Gasteiger partial charge in [-0.2, -0.15) is 0 Å². The number of nitrogens with zero attached hydrogens (tertiary/aromatic N) is 1. The fraction of sp³-hybridized carbons (Fsp3) is 0.0303. The van der Waals surface area contributed by atoms with E-state index in [1.54, 1.807) is 0 Å². The summed E-state index contributed by atoms with van der Waals surface area (Å²) in [6, 6.07) is 94.1. The van der Waals surface area contributed by atoms with E-state index in [-0.39, 0.29) is 5.41 Å². The Kier molecular flexibility index (Phi) is 9.05. The molecular weight excluding hydrogens is 807 g/mol. The average molecular weight is 852 g/mol. The third-order valence-corrected chi connectivity index (χ3v) is 14.5. The van der Waals surface area contributed by atoms with Gasteiger partial charge in [0.05, 0.1) is 5.69 Å². The van der Waals surface area contributed by atoms with Crippen LogP contribution in [0.4, 0.5) is 17.1 Å². The highest BCUT2D eigenvalue weighted by Gasteiger charge is 2.41. The smallest absolute Gasteiger partial charge is 0.0546 e. The largest absolute Gasteiger partial charge is 0.310 e. The summed E-state index contributed by atoms with van der Waals surface area (Å²) < 4.78 is 0. The highest BCUT2D eigenvalue weighted by molar-refractivity contribution is 6.22. The first-order chi connectivity index (χ1) is 33.1. The molecule has 1 nitrogen and oxygen atoms in total. The van der Waals surface area contributed by atoms with Crippen LogP contribution >= 0.6 is 0 Å². The molecule has 1 unspecified atom stereocenters. The second-order valence-electron chi connectivity index (χ2n) is 18.1. The van der Waals surface area contributed by atoms with Gasteiger partial charge in [-0.25, -0.2) is 0 Å². The fourth-order valence-electron chi connectivity index (χ4n) is 11.3. The van der Waals surface area contributed by atoms with Gasteiger partial charge in [-0.3, -0.25) is 0 Å². The zero-order valence-electron chi connectivity index (χ0n) is 37.2. The van der Waals surface area contributed by atoms with Gasteiger partial charge in [0, 0.05) is 22.2 Å². The molecular formula is C66H45N. The fourth-order valence-corrected chi connectivity index (χ4v) is 11.3. The Hall–Kier alpha value is -8.52. The second kappa shape index (κ2) is 15.6. The molecule has 0 fully saturated rings. The van der Waals surface area contributed by atoms with Crippen LogP contribution in [0.15, 0.2) is 255 Å². The van der Waals surface area contributed by atoms with Crippen molar-refractivity contribution in [1.82, 2.24) is 0 Å². The van der Waals surface area contributed by atoms with Crippen LogP contribution in [0.2, 0.25) is 0 Å². The van der Waals surface area contributed by atoms with Gasteiger partial charge in [-0.05, 0) is 142 Å². The molecule has 12 aromatic carbocycles. The molecule has 314 valence electrons. The molecule has 0 spiro atoms. The van der Waals surface area contributed by atoms with Gasteiger partial charge in [0.2, 0.25) is 0 Å². The zero-order valence-corrected chi connectivity index (χ0v) is 37.2. The molecule has 1 heteroatoms. The van der Waals surface area contributed by atoms with Crippen molar-refractivity contribution in [2.24, 2.45) is 0 Å². The van der Waals surface area contributed by atoms with Crippen LogP contribution in [-0.2, 0) is 5.41 Å².